The molecule has 0 spiro atoms. The molecule has 0 saturated heterocycles. The first-order valence-corrected chi connectivity index (χ1v) is 5.50. The van der Waals surface area contributed by atoms with E-state index in [1.165, 1.54) is 7.11 Å². The van der Waals surface area contributed by atoms with Gasteiger partial charge in [-0.25, -0.2) is 0 Å². The molecule has 0 saturated carbocycles. The molecule has 98 valence electrons. The molecule has 0 radical (unpaired) electrons. The molecule has 1 aromatic carbocycles. The van der Waals surface area contributed by atoms with Crippen molar-refractivity contribution < 1.29 is 19.2 Å². The lowest BCUT2D eigenvalue weighted by Gasteiger charge is -2.12. The minimum atomic E-state index is -0.883. The van der Waals surface area contributed by atoms with Crippen LogP contribution in [0.3, 0.4) is 0 Å². The largest absolute Gasteiger partial charge is 0.497 e. The van der Waals surface area contributed by atoms with Crippen molar-refractivity contribution in [3.8, 4) is 5.75 Å². The maximum atomic E-state index is 11.7. The summed E-state index contributed by atoms with van der Waals surface area (Å²) in [6, 6.07) is 6.57. The molecule has 0 aliphatic heterocycles. The Kier molecular flexibility index (Phi) is 5.10. The molecule has 18 heavy (non-hydrogen) atoms. The number of rotatable bonds is 6. The summed E-state index contributed by atoms with van der Waals surface area (Å²) in [6.45, 7) is 1.38. The third-order valence-corrected chi connectivity index (χ3v) is 2.42. The van der Waals surface area contributed by atoms with E-state index in [0.29, 0.717) is 11.3 Å². The molecule has 1 rings (SSSR count). The Morgan fingerprint density at radius 1 is 1.39 bits per heavy atom. The number of esters is 1. The molecule has 0 N–H and O–H groups in total. The van der Waals surface area contributed by atoms with Crippen LogP contribution in [0.4, 0.5) is 0 Å². The molecule has 0 amide bonds. The first-order chi connectivity index (χ1) is 8.58. The Balaban J connectivity index is 2.93. The second kappa shape index (κ2) is 6.58. The zero-order chi connectivity index (χ0) is 13.5. The van der Waals surface area contributed by atoms with E-state index < -0.39 is 23.4 Å². The zero-order valence-electron chi connectivity index (χ0n) is 10.3. The van der Waals surface area contributed by atoms with Crippen LogP contribution in [0.1, 0.15) is 18.4 Å². The Morgan fingerprint density at radius 3 is 2.44 bits per heavy atom. The smallest absolute Gasteiger partial charge is 0.320 e. The molecular formula is C12H15NO5. The summed E-state index contributed by atoms with van der Waals surface area (Å²) in [4.78, 5) is 21.7. The normalized spacial score (nSPS) is 11.7. The number of carbonyl (C=O) groups excluding carboxylic acids is 1. The van der Waals surface area contributed by atoms with Crippen molar-refractivity contribution in [2.24, 2.45) is 0 Å². The summed E-state index contributed by atoms with van der Waals surface area (Å²) in [5.74, 6) is -0.840. The van der Waals surface area contributed by atoms with E-state index in [1.807, 2.05) is 0 Å². The first-order valence-electron chi connectivity index (χ1n) is 5.50. The number of hydrogen-bond donors (Lipinski definition) is 0. The Labute approximate surface area is 105 Å². The third kappa shape index (κ3) is 3.73. The summed E-state index contributed by atoms with van der Waals surface area (Å²) in [5, 5.41) is 10.6. The van der Waals surface area contributed by atoms with Crippen molar-refractivity contribution in [1.29, 1.82) is 0 Å². The SMILES string of the molecule is CCOC(=O)C(C[N+](=O)[O-])c1ccc(OC)cc1. The molecule has 0 aromatic heterocycles. The highest BCUT2D eigenvalue weighted by Crippen LogP contribution is 2.21. The fourth-order valence-electron chi connectivity index (χ4n) is 1.54. The fraction of sp³-hybridized carbons (Fsp3) is 0.417. The van der Waals surface area contributed by atoms with Crippen molar-refractivity contribution in [3.63, 3.8) is 0 Å². The van der Waals surface area contributed by atoms with E-state index in [9.17, 15) is 14.9 Å². The quantitative estimate of drug-likeness (QED) is 0.437. The van der Waals surface area contributed by atoms with Gasteiger partial charge in [0.05, 0.1) is 13.7 Å². The highest BCUT2D eigenvalue weighted by Gasteiger charge is 2.27. The maximum absolute atomic E-state index is 11.7. The van der Waals surface area contributed by atoms with Crippen molar-refractivity contribution in [2.45, 2.75) is 12.8 Å². The number of methoxy groups -OCH3 is 1. The van der Waals surface area contributed by atoms with Gasteiger partial charge in [-0.1, -0.05) is 12.1 Å². The van der Waals surface area contributed by atoms with E-state index in [1.54, 1.807) is 31.2 Å². The van der Waals surface area contributed by atoms with Gasteiger partial charge in [0.25, 0.3) is 0 Å². The molecule has 0 aliphatic carbocycles. The topological polar surface area (TPSA) is 78.7 Å². The molecule has 1 aromatic rings. The van der Waals surface area contributed by atoms with Gasteiger partial charge in [0.1, 0.15) is 11.7 Å². The van der Waals surface area contributed by atoms with Crippen molar-refractivity contribution in [2.75, 3.05) is 20.3 Å². The summed E-state index contributed by atoms with van der Waals surface area (Å²) in [5.41, 5.74) is 0.547. The number of hydrogen-bond acceptors (Lipinski definition) is 5. The second-order valence-corrected chi connectivity index (χ2v) is 3.59. The molecular weight excluding hydrogens is 238 g/mol. The summed E-state index contributed by atoms with van der Waals surface area (Å²) >= 11 is 0. The predicted octanol–water partition coefficient (Wildman–Crippen LogP) is 1.62. The van der Waals surface area contributed by atoms with Gasteiger partial charge in [-0.05, 0) is 24.6 Å². The van der Waals surface area contributed by atoms with Gasteiger partial charge in [-0.15, -0.1) is 0 Å². The highest BCUT2D eigenvalue weighted by molar-refractivity contribution is 5.78. The van der Waals surface area contributed by atoms with Crippen molar-refractivity contribution in [3.05, 3.63) is 39.9 Å². The average molecular weight is 253 g/mol. The molecule has 0 aliphatic rings. The Morgan fingerprint density at radius 2 is 2.00 bits per heavy atom. The van der Waals surface area contributed by atoms with Crippen LogP contribution in [0, 0.1) is 10.1 Å². The molecule has 0 bridgehead atoms. The van der Waals surface area contributed by atoms with Crippen LogP contribution in [0.25, 0.3) is 0 Å². The van der Waals surface area contributed by atoms with Crippen LogP contribution in [0.15, 0.2) is 24.3 Å². The van der Waals surface area contributed by atoms with Crippen LogP contribution in [-0.4, -0.2) is 31.2 Å². The van der Waals surface area contributed by atoms with E-state index in [4.69, 9.17) is 9.47 Å². The molecule has 0 fully saturated rings. The fourth-order valence-corrected chi connectivity index (χ4v) is 1.54. The number of nitrogens with zero attached hydrogens (tertiary/aromatic N) is 1. The molecule has 6 nitrogen and oxygen atoms in total. The Bertz CT molecular complexity index is 415. The van der Waals surface area contributed by atoms with Crippen LogP contribution >= 0.6 is 0 Å². The van der Waals surface area contributed by atoms with Crippen LogP contribution in [0.5, 0.6) is 5.75 Å². The van der Waals surface area contributed by atoms with Crippen LogP contribution in [-0.2, 0) is 9.53 Å². The monoisotopic (exact) mass is 253 g/mol. The number of ether oxygens (including phenoxy) is 2. The Hall–Kier alpha value is -2.11. The van der Waals surface area contributed by atoms with Gasteiger partial charge in [0, 0.05) is 4.92 Å². The zero-order valence-corrected chi connectivity index (χ0v) is 10.3. The maximum Gasteiger partial charge on any atom is 0.320 e. The van der Waals surface area contributed by atoms with E-state index in [-0.39, 0.29) is 6.61 Å². The lowest BCUT2D eigenvalue weighted by Crippen LogP contribution is -2.23. The van der Waals surface area contributed by atoms with Crippen molar-refractivity contribution >= 4 is 5.97 Å². The number of carbonyl (C=O) groups is 1. The van der Waals surface area contributed by atoms with E-state index in [0.717, 1.165) is 0 Å². The number of benzene rings is 1. The van der Waals surface area contributed by atoms with E-state index in [2.05, 4.69) is 0 Å². The summed E-state index contributed by atoms with van der Waals surface area (Å²) in [7, 11) is 1.52. The van der Waals surface area contributed by atoms with Crippen LogP contribution in [0.2, 0.25) is 0 Å². The minimum absolute atomic E-state index is 0.198. The number of nitro groups is 1. The van der Waals surface area contributed by atoms with Gasteiger partial charge in [0.15, 0.2) is 0 Å². The van der Waals surface area contributed by atoms with Crippen molar-refractivity contribution in [1.82, 2.24) is 0 Å². The summed E-state index contributed by atoms with van der Waals surface area (Å²) < 4.78 is 9.83. The lowest BCUT2D eigenvalue weighted by atomic mass is 9.99. The second-order valence-electron chi connectivity index (χ2n) is 3.59. The van der Waals surface area contributed by atoms with Gasteiger partial charge in [-0.3, -0.25) is 14.9 Å². The lowest BCUT2D eigenvalue weighted by molar-refractivity contribution is -0.481. The van der Waals surface area contributed by atoms with Gasteiger partial charge < -0.3 is 9.47 Å². The predicted molar refractivity (Wildman–Crippen MR) is 64.2 cm³/mol. The molecule has 1 atom stereocenters. The average Bonchev–Trinajstić information content (AvgIpc) is 2.36. The summed E-state index contributed by atoms with van der Waals surface area (Å²) in [6.07, 6.45) is 0. The van der Waals surface area contributed by atoms with Gasteiger partial charge in [-0.2, -0.15) is 0 Å². The highest BCUT2D eigenvalue weighted by atomic mass is 16.6. The van der Waals surface area contributed by atoms with E-state index >= 15 is 0 Å². The first kappa shape index (κ1) is 14.0. The van der Waals surface area contributed by atoms with Gasteiger partial charge in [0.2, 0.25) is 6.54 Å². The third-order valence-electron chi connectivity index (χ3n) is 2.42. The molecule has 1 unspecified atom stereocenters. The molecule has 6 heteroatoms. The van der Waals surface area contributed by atoms with Crippen LogP contribution < -0.4 is 4.74 Å². The minimum Gasteiger partial charge on any atom is -0.497 e. The standard InChI is InChI=1S/C12H15NO5/c1-3-18-12(14)11(8-13(15)16)9-4-6-10(17-2)7-5-9/h4-7,11H,3,8H2,1-2H3. The van der Waals surface area contributed by atoms with Gasteiger partial charge >= 0.3 is 5.97 Å². The molecule has 0 heterocycles.